The van der Waals surface area contributed by atoms with Crippen LogP contribution in [-0.4, -0.2) is 55.2 Å². The number of carbonyl (C=O) groups is 1. The Balaban J connectivity index is 2.31. The maximum Gasteiger partial charge on any atom is 0.306 e. The van der Waals surface area contributed by atoms with E-state index in [-0.39, 0.29) is 29.1 Å². The number of esters is 1. The van der Waals surface area contributed by atoms with E-state index in [0.29, 0.717) is 5.75 Å². The van der Waals surface area contributed by atoms with Crippen molar-refractivity contribution in [2.45, 2.75) is 17.8 Å². The van der Waals surface area contributed by atoms with Crippen molar-refractivity contribution in [2.75, 3.05) is 24.4 Å². The second-order valence-electron chi connectivity index (χ2n) is 3.38. The molecule has 0 aromatic carbocycles. The van der Waals surface area contributed by atoms with Gasteiger partial charge in [-0.3, -0.25) is 4.79 Å². The standard InChI is InChI=1S/C8H14O5S2/c1-13-8(10)2-3-14-7-5-15(11,12)4-6(7)9/h6-7,9H,2-5H2,1H3. The van der Waals surface area contributed by atoms with Gasteiger partial charge in [0.25, 0.3) is 0 Å². The maximum atomic E-state index is 11.1. The smallest absolute Gasteiger partial charge is 0.306 e. The minimum atomic E-state index is -3.09. The van der Waals surface area contributed by atoms with Gasteiger partial charge in [0.05, 0.1) is 31.1 Å². The van der Waals surface area contributed by atoms with Gasteiger partial charge in [0.15, 0.2) is 9.84 Å². The molecule has 1 fully saturated rings. The van der Waals surface area contributed by atoms with Crippen molar-refractivity contribution in [3.8, 4) is 0 Å². The molecule has 7 heteroatoms. The van der Waals surface area contributed by atoms with Gasteiger partial charge in [-0.1, -0.05) is 0 Å². The second-order valence-corrected chi connectivity index (χ2v) is 6.88. The number of ether oxygens (including phenoxy) is 1. The fourth-order valence-corrected chi connectivity index (χ4v) is 5.00. The summed E-state index contributed by atoms with van der Waals surface area (Å²) in [7, 11) is -1.78. The molecule has 1 saturated heterocycles. The van der Waals surface area contributed by atoms with Gasteiger partial charge in [-0.15, -0.1) is 0 Å². The lowest BCUT2D eigenvalue weighted by Crippen LogP contribution is -2.20. The van der Waals surface area contributed by atoms with Crippen molar-refractivity contribution in [1.29, 1.82) is 0 Å². The van der Waals surface area contributed by atoms with Crippen LogP contribution in [0.15, 0.2) is 0 Å². The lowest BCUT2D eigenvalue weighted by atomic mass is 10.3. The van der Waals surface area contributed by atoms with Crippen LogP contribution < -0.4 is 0 Å². The van der Waals surface area contributed by atoms with Crippen molar-refractivity contribution >= 4 is 27.6 Å². The zero-order valence-electron chi connectivity index (χ0n) is 8.38. The number of thioether (sulfide) groups is 1. The highest BCUT2D eigenvalue weighted by Gasteiger charge is 2.36. The van der Waals surface area contributed by atoms with Gasteiger partial charge in [0, 0.05) is 11.0 Å². The number of aliphatic hydroxyl groups excluding tert-OH is 1. The molecule has 0 bridgehead atoms. The molecule has 1 N–H and O–H groups in total. The normalized spacial score (nSPS) is 28.9. The van der Waals surface area contributed by atoms with Crippen LogP contribution in [0, 0.1) is 0 Å². The molecule has 1 aliphatic heterocycles. The predicted molar refractivity (Wildman–Crippen MR) is 57.5 cm³/mol. The number of sulfone groups is 1. The molecule has 2 atom stereocenters. The molecule has 0 amide bonds. The monoisotopic (exact) mass is 254 g/mol. The number of methoxy groups -OCH3 is 1. The Morgan fingerprint density at radius 1 is 1.53 bits per heavy atom. The lowest BCUT2D eigenvalue weighted by molar-refractivity contribution is -0.140. The number of rotatable bonds is 4. The summed E-state index contributed by atoms with van der Waals surface area (Å²) in [5, 5.41) is 9.12. The molecule has 0 spiro atoms. The van der Waals surface area contributed by atoms with E-state index in [1.165, 1.54) is 18.9 Å². The average molecular weight is 254 g/mol. The highest BCUT2D eigenvalue weighted by molar-refractivity contribution is 8.01. The maximum absolute atomic E-state index is 11.1. The quantitative estimate of drug-likeness (QED) is 0.677. The molecule has 1 aliphatic rings. The van der Waals surface area contributed by atoms with Gasteiger partial charge in [0.1, 0.15) is 0 Å². The van der Waals surface area contributed by atoms with E-state index < -0.39 is 15.9 Å². The van der Waals surface area contributed by atoms with Gasteiger partial charge in [-0.05, 0) is 0 Å². The third-order valence-corrected chi connectivity index (χ3v) is 5.41. The fourth-order valence-electron chi connectivity index (χ4n) is 1.35. The fraction of sp³-hybridized carbons (Fsp3) is 0.875. The molecule has 0 saturated carbocycles. The van der Waals surface area contributed by atoms with Gasteiger partial charge in [-0.2, -0.15) is 11.8 Å². The van der Waals surface area contributed by atoms with E-state index in [9.17, 15) is 18.3 Å². The van der Waals surface area contributed by atoms with Crippen molar-refractivity contribution in [3.63, 3.8) is 0 Å². The molecule has 0 aromatic rings. The van der Waals surface area contributed by atoms with Crippen molar-refractivity contribution in [2.24, 2.45) is 0 Å². The van der Waals surface area contributed by atoms with Crippen molar-refractivity contribution in [3.05, 3.63) is 0 Å². The lowest BCUT2D eigenvalue weighted by Gasteiger charge is -2.10. The molecule has 5 nitrogen and oxygen atoms in total. The first kappa shape index (κ1) is 12.8. The second kappa shape index (κ2) is 5.18. The van der Waals surface area contributed by atoms with Crippen LogP contribution in [0.2, 0.25) is 0 Å². The minimum absolute atomic E-state index is 0.00000591. The summed E-state index contributed by atoms with van der Waals surface area (Å²) in [5.41, 5.74) is 0. The third-order valence-electron chi connectivity index (χ3n) is 2.14. The van der Waals surface area contributed by atoms with E-state index in [0.717, 1.165) is 0 Å². The first-order valence-electron chi connectivity index (χ1n) is 4.51. The van der Waals surface area contributed by atoms with Crippen LogP contribution in [0.25, 0.3) is 0 Å². The SMILES string of the molecule is COC(=O)CCSC1CS(=O)(=O)CC1O. The average Bonchev–Trinajstić information content (AvgIpc) is 2.39. The molecule has 0 aliphatic carbocycles. The van der Waals surface area contributed by atoms with Crippen LogP contribution in [-0.2, 0) is 19.4 Å². The van der Waals surface area contributed by atoms with E-state index >= 15 is 0 Å². The molecule has 0 radical (unpaired) electrons. The van der Waals surface area contributed by atoms with Crippen LogP contribution in [0.4, 0.5) is 0 Å². The van der Waals surface area contributed by atoms with E-state index in [1.54, 1.807) is 0 Å². The van der Waals surface area contributed by atoms with Crippen molar-refractivity contribution in [1.82, 2.24) is 0 Å². The highest BCUT2D eigenvalue weighted by atomic mass is 32.2. The van der Waals surface area contributed by atoms with Crippen LogP contribution in [0.5, 0.6) is 0 Å². The molecule has 2 unspecified atom stereocenters. The third kappa shape index (κ3) is 4.00. The molecule has 1 rings (SSSR count). The van der Waals surface area contributed by atoms with E-state index in [2.05, 4.69) is 4.74 Å². The summed E-state index contributed by atoms with van der Waals surface area (Å²) >= 11 is 1.31. The largest absolute Gasteiger partial charge is 0.469 e. The van der Waals surface area contributed by atoms with Gasteiger partial charge >= 0.3 is 5.97 Å². The van der Waals surface area contributed by atoms with E-state index in [4.69, 9.17) is 0 Å². The molecule has 15 heavy (non-hydrogen) atoms. The molecular formula is C8H14O5S2. The number of hydrogen-bond donors (Lipinski definition) is 1. The summed E-state index contributed by atoms with van der Waals surface area (Å²) in [6, 6.07) is 0. The zero-order valence-corrected chi connectivity index (χ0v) is 10.0. The van der Waals surface area contributed by atoms with Gasteiger partial charge in [0.2, 0.25) is 0 Å². The minimum Gasteiger partial charge on any atom is -0.469 e. The van der Waals surface area contributed by atoms with Crippen molar-refractivity contribution < 1.29 is 23.1 Å². The number of carbonyl (C=O) groups excluding carboxylic acids is 1. The molecule has 0 aromatic heterocycles. The number of aliphatic hydroxyl groups is 1. The summed E-state index contributed by atoms with van der Waals surface area (Å²) in [5.74, 6) is -0.00912. The zero-order chi connectivity index (χ0) is 11.5. The topological polar surface area (TPSA) is 80.7 Å². The molecular weight excluding hydrogens is 240 g/mol. The Hall–Kier alpha value is -0.270. The summed E-state index contributed by atoms with van der Waals surface area (Å²) < 4.78 is 26.7. The molecule has 88 valence electrons. The van der Waals surface area contributed by atoms with Crippen LogP contribution >= 0.6 is 11.8 Å². The first-order chi connectivity index (χ1) is 6.94. The van der Waals surface area contributed by atoms with Crippen LogP contribution in [0.3, 0.4) is 0 Å². The van der Waals surface area contributed by atoms with Crippen LogP contribution in [0.1, 0.15) is 6.42 Å². The Morgan fingerprint density at radius 2 is 2.20 bits per heavy atom. The Morgan fingerprint density at radius 3 is 2.67 bits per heavy atom. The summed E-state index contributed by atoms with van der Waals surface area (Å²) in [4.78, 5) is 10.8. The Kier molecular flexibility index (Phi) is 4.42. The van der Waals surface area contributed by atoms with E-state index in [1.807, 2.05) is 0 Å². The summed E-state index contributed by atoms with van der Waals surface area (Å²) in [6.45, 7) is 0. The van der Waals surface area contributed by atoms with Gasteiger partial charge in [-0.25, -0.2) is 8.42 Å². The van der Waals surface area contributed by atoms with Gasteiger partial charge < -0.3 is 9.84 Å². The Bertz CT molecular complexity index is 324. The summed E-state index contributed by atoms with van der Waals surface area (Å²) in [6.07, 6.45) is -0.567. The predicted octanol–water partition coefficient (Wildman–Crippen LogP) is -0.559. The molecule has 1 heterocycles. The highest BCUT2D eigenvalue weighted by Crippen LogP contribution is 2.25. The number of hydrogen-bond acceptors (Lipinski definition) is 6. The Labute approximate surface area is 93.1 Å². The first-order valence-corrected chi connectivity index (χ1v) is 7.38.